The van der Waals surface area contributed by atoms with Crippen molar-refractivity contribution < 1.29 is 19.1 Å². The smallest absolute Gasteiger partial charge is 0.316 e. The van der Waals surface area contributed by atoms with E-state index in [1.54, 1.807) is 24.3 Å². The van der Waals surface area contributed by atoms with Crippen LogP contribution in [0.15, 0.2) is 28.6 Å². The Morgan fingerprint density at radius 1 is 1.27 bits per heavy atom. The molecule has 1 N–H and O–H groups in total. The summed E-state index contributed by atoms with van der Waals surface area (Å²) in [7, 11) is 2.82. The Bertz CT molecular complexity index is 675. The fourth-order valence-electron chi connectivity index (χ4n) is 1.49. The van der Waals surface area contributed by atoms with Gasteiger partial charge in [-0.3, -0.25) is 14.9 Å². The average Bonchev–Trinajstić information content (AvgIpc) is 2.99. The molecular formula is C13H13N3O4S2. The topological polar surface area (TPSA) is 90.4 Å². The molecule has 0 aliphatic rings. The van der Waals surface area contributed by atoms with Crippen LogP contribution in [0.25, 0.3) is 0 Å². The van der Waals surface area contributed by atoms with Gasteiger partial charge in [-0.15, -0.1) is 10.2 Å². The molecule has 9 heteroatoms. The van der Waals surface area contributed by atoms with Crippen molar-refractivity contribution in [3.63, 3.8) is 0 Å². The van der Waals surface area contributed by atoms with Crippen LogP contribution >= 0.6 is 23.1 Å². The largest absolute Gasteiger partial charge is 0.496 e. The first-order valence-electron chi connectivity index (χ1n) is 6.11. The van der Waals surface area contributed by atoms with Crippen molar-refractivity contribution in [2.75, 3.05) is 25.3 Å². The first kappa shape index (κ1) is 16.2. The minimum absolute atomic E-state index is 0.144. The Labute approximate surface area is 135 Å². The zero-order valence-electron chi connectivity index (χ0n) is 11.9. The van der Waals surface area contributed by atoms with Crippen LogP contribution in [0.3, 0.4) is 0 Å². The van der Waals surface area contributed by atoms with Gasteiger partial charge in [0.2, 0.25) is 5.13 Å². The first-order chi connectivity index (χ1) is 10.6. The van der Waals surface area contributed by atoms with Gasteiger partial charge in [0.1, 0.15) is 5.75 Å². The lowest BCUT2D eigenvalue weighted by Crippen LogP contribution is -2.12. The Morgan fingerprint density at radius 2 is 2.05 bits per heavy atom. The van der Waals surface area contributed by atoms with Crippen molar-refractivity contribution in [3.05, 3.63) is 29.8 Å². The molecule has 2 aromatic rings. The van der Waals surface area contributed by atoms with Crippen molar-refractivity contribution >= 4 is 40.1 Å². The van der Waals surface area contributed by atoms with Crippen LogP contribution in [-0.4, -0.2) is 42.0 Å². The van der Waals surface area contributed by atoms with Crippen molar-refractivity contribution in [3.8, 4) is 5.75 Å². The Kier molecular flexibility index (Phi) is 5.73. The van der Waals surface area contributed by atoms with Gasteiger partial charge in [-0.2, -0.15) is 0 Å². The summed E-state index contributed by atoms with van der Waals surface area (Å²) < 4.78 is 10.2. The number of para-hydroxylation sites is 1. The summed E-state index contributed by atoms with van der Waals surface area (Å²) in [5.74, 6) is -0.0614. The molecule has 0 fully saturated rings. The van der Waals surface area contributed by atoms with Gasteiger partial charge in [-0.1, -0.05) is 35.2 Å². The van der Waals surface area contributed by atoms with Gasteiger partial charge >= 0.3 is 5.97 Å². The number of carbonyl (C=O) groups excluding carboxylic acids is 2. The molecule has 0 aliphatic carbocycles. The van der Waals surface area contributed by atoms with Gasteiger partial charge in [0, 0.05) is 0 Å². The number of rotatable bonds is 6. The number of methoxy groups -OCH3 is 2. The lowest BCUT2D eigenvalue weighted by atomic mass is 10.2. The van der Waals surface area contributed by atoms with E-state index in [4.69, 9.17) is 4.74 Å². The maximum absolute atomic E-state index is 12.2. The summed E-state index contributed by atoms with van der Waals surface area (Å²) >= 11 is 2.38. The van der Waals surface area contributed by atoms with Crippen LogP contribution < -0.4 is 10.1 Å². The molecule has 0 spiro atoms. The minimum Gasteiger partial charge on any atom is -0.496 e. The molecule has 0 saturated carbocycles. The number of anilines is 1. The molecule has 1 amide bonds. The maximum atomic E-state index is 12.2. The molecule has 0 atom stereocenters. The van der Waals surface area contributed by atoms with E-state index in [0.717, 1.165) is 0 Å². The number of hydrogen-bond donors (Lipinski definition) is 1. The van der Waals surface area contributed by atoms with Gasteiger partial charge in [0.25, 0.3) is 5.91 Å². The molecule has 1 aromatic carbocycles. The van der Waals surface area contributed by atoms with Gasteiger partial charge in [-0.05, 0) is 12.1 Å². The van der Waals surface area contributed by atoms with E-state index >= 15 is 0 Å². The van der Waals surface area contributed by atoms with Crippen molar-refractivity contribution in [2.24, 2.45) is 0 Å². The fourth-order valence-corrected chi connectivity index (χ4v) is 3.07. The minimum atomic E-state index is -0.347. The van der Waals surface area contributed by atoms with E-state index in [0.29, 0.717) is 20.8 Å². The molecule has 0 radical (unpaired) electrons. The first-order valence-corrected chi connectivity index (χ1v) is 7.91. The molecule has 0 saturated heterocycles. The summed E-state index contributed by atoms with van der Waals surface area (Å²) in [5.41, 5.74) is 0.406. The summed E-state index contributed by atoms with van der Waals surface area (Å²) in [4.78, 5) is 23.2. The number of thioether (sulfide) groups is 1. The summed E-state index contributed by atoms with van der Waals surface area (Å²) in [6, 6.07) is 6.88. The van der Waals surface area contributed by atoms with E-state index in [2.05, 4.69) is 20.3 Å². The van der Waals surface area contributed by atoms with Gasteiger partial charge < -0.3 is 9.47 Å². The third-order valence-electron chi connectivity index (χ3n) is 2.52. The highest BCUT2D eigenvalue weighted by Gasteiger charge is 2.14. The lowest BCUT2D eigenvalue weighted by Gasteiger charge is -2.06. The number of nitrogens with one attached hydrogen (secondary N) is 1. The highest BCUT2D eigenvalue weighted by Crippen LogP contribution is 2.26. The third-order valence-corrected chi connectivity index (χ3v) is 4.47. The predicted octanol–water partition coefficient (Wildman–Crippen LogP) is 2.06. The van der Waals surface area contributed by atoms with E-state index in [9.17, 15) is 9.59 Å². The quantitative estimate of drug-likeness (QED) is 0.489. The number of esters is 1. The number of benzene rings is 1. The number of nitrogens with zero attached hydrogens (tertiary/aromatic N) is 2. The second-order valence-electron chi connectivity index (χ2n) is 3.89. The van der Waals surface area contributed by atoms with Crippen molar-refractivity contribution in [1.82, 2.24) is 10.2 Å². The SMILES string of the molecule is COC(=O)CSc1nnc(NC(=O)c2ccccc2OC)s1. The Hall–Kier alpha value is -2.13. The zero-order chi connectivity index (χ0) is 15.9. The highest BCUT2D eigenvalue weighted by molar-refractivity contribution is 8.01. The molecular weight excluding hydrogens is 326 g/mol. The maximum Gasteiger partial charge on any atom is 0.316 e. The van der Waals surface area contributed by atoms with E-state index in [1.165, 1.54) is 37.3 Å². The molecule has 22 heavy (non-hydrogen) atoms. The number of ether oxygens (including phenoxy) is 2. The summed E-state index contributed by atoms with van der Waals surface area (Å²) in [5, 5.41) is 10.8. The summed E-state index contributed by atoms with van der Waals surface area (Å²) in [6.07, 6.45) is 0. The number of aromatic nitrogens is 2. The highest BCUT2D eigenvalue weighted by atomic mass is 32.2. The number of amides is 1. The second kappa shape index (κ2) is 7.76. The number of carbonyl (C=O) groups is 2. The second-order valence-corrected chi connectivity index (χ2v) is 6.09. The summed E-state index contributed by atoms with van der Waals surface area (Å²) in [6.45, 7) is 0. The standard InChI is InChI=1S/C13H13N3O4S2/c1-19-9-6-4-3-5-8(9)11(18)14-12-15-16-13(22-12)21-7-10(17)20-2/h3-6H,7H2,1-2H3,(H,14,15,18). The van der Waals surface area contributed by atoms with E-state index in [1.807, 2.05) is 0 Å². The average molecular weight is 339 g/mol. The van der Waals surface area contributed by atoms with Gasteiger partial charge in [0.05, 0.1) is 25.5 Å². The zero-order valence-corrected chi connectivity index (χ0v) is 13.5. The fraction of sp³-hybridized carbons (Fsp3) is 0.231. The molecule has 1 aromatic heterocycles. The van der Waals surface area contributed by atoms with Crippen LogP contribution in [0.5, 0.6) is 5.75 Å². The van der Waals surface area contributed by atoms with Crippen molar-refractivity contribution in [2.45, 2.75) is 4.34 Å². The Morgan fingerprint density at radius 3 is 2.77 bits per heavy atom. The molecule has 116 valence electrons. The van der Waals surface area contributed by atoms with Crippen molar-refractivity contribution in [1.29, 1.82) is 0 Å². The normalized spacial score (nSPS) is 10.1. The van der Waals surface area contributed by atoms with Gasteiger partial charge in [0.15, 0.2) is 4.34 Å². The van der Waals surface area contributed by atoms with E-state index in [-0.39, 0.29) is 17.6 Å². The van der Waals surface area contributed by atoms with Crippen LogP contribution in [0.2, 0.25) is 0 Å². The van der Waals surface area contributed by atoms with Crippen LogP contribution in [0, 0.1) is 0 Å². The van der Waals surface area contributed by atoms with Gasteiger partial charge in [-0.25, -0.2) is 0 Å². The molecule has 7 nitrogen and oxygen atoms in total. The van der Waals surface area contributed by atoms with E-state index < -0.39 is 0 Å². The third kappa shape index (κ3) is 4.18. The molecule has 0 aliphatic heterocycles. The molecule has 2 rings (SSSR count). The monoisotopic (exact) mass is 339 g/mol. The Balaban J connectivity index is 2.00. The number of hydrogen-bond acceptors (Lipinski definition) is 8. The lowest BCUT2D eigenvalue weighted by molar-refractivity contribution is -0.137. The van der Waals surface area contributed by atoms with Crippen LogP contribution in [0.1, 0.15) is 10.4 Å². The molecule has 0 bridgehead atoms. The molecule has 1 heterocycles. The van der Waals surface area contributed by atoms with Crippen LogP contribution in [0.4, 0.5) is 5.13 Å². The van der Waals surface area contributed by atoms with Crippen LogP contribution in [-0.2, 0) is 9.53 Å². The molecule has 0 unspecified atom stereocenters. The predicted molar refractivity (Wildman–Crippen MR) is 83.6 cm³/mol.